The van der Waals surface area contributed by atoms with Crippen LogP contribution in [0.2, 0.25) is 0 Å². The van der Waals surface area contributed by atoms with Crippen LogP contribution in [0, 0.1) is 11.6 Å². The van der Waals surface area contributed by atoms with E-state index in [4.69, 9.17) is 5.11 Å². The summed E-state index contributed by atoms with van der Waals surface area (Å²) >= 11 is 1.38. The molecule has 1 aromatic carbocycles. The van der Waals surface area contributed by atoms with E-state index in [9.17, 15) is 8.78 Å². The molecule has 0 spiro atoms. The highest BCUT2D eigenvalue weighted by molar-refractivity contribution is 7.99. The van der Waals surface area contributed by atoms with Crippen molar-refractivity contribution in [3.63, 3.8) is 0 Å². The molecule has 4 heteroatoms. The van der Waals surface area contributed by atoms with Gasteiger partial charge in [-0.25, -0.2) is 8.78 Å². The highest BCUT2D eigenvalue weighted by Crippen LogP contribution is 2.23. The van der Waals surface area contributed by atoms with Gasteiger partial charge in [0.1, 0.15) is 11.6 Å². The first-order valence-corrected chi connectivity index (χ1v) is 5.91. The minimum Gasteiger partial charge on any atom is -0.396 e. The number of hydrogen-bond donors (Lipinski definition) is 1. The molecule has 0 radical (unpaired) electrons. The third-order valence-electron chi connectivity index (χ3n) is 1.95. The lowest BCUT2D eigenvalue weighted by atomic mass is 10.3. The van der Waals surface area contributed by atoms with Gasteiger partial charge in [-0.1, -0.05) is 6.42 Å². The summed E-state index contributed by atoms with van der Waals surface area (Å²) in [5, 5.41) is 8.55. The van der Waals surface area contributed by atoms with Gasteiger partial charge in [-0.3, -0.25) is 0 Å². The number of thioether (sulfide) groups is 1. The first kappa shape index (κ1) is 12.5. The van der Waals surface area contributed by atoms with E-state index in [-0.39, 0.29) is 6.61 Å². The summed E-state index contributed by atoms with van der Waals surface area (Å²) in [6.45, 7) is 0.204. The Hall–Kier alpha value is -0.610. The summed E-state index contributed by atoms with van der Waals surface area (Å²) in [6, 6.07) is 3.62. The first-order chi connectivity index (χ1) is 7.24. The van der Waals surface area contributed by atoms with E-state index in [0.717, 1.165) is 31.1 Å². The Morgan fingerprint density at radius 1 is 1.13 bits per heavy atom. The maximum atomic E-state index is 13.1. The summed E-state index contributed by atoms with van der Waals surface area (Å²) in [5.74, 6) is -0.248. The molecule has 0 aliphatic carbocycles. The number of aliphatic hydroxyl groups excluding tert-OH is 1. The van der Waals surface area contributed by atoms with Gasteiger partial charge >= 0.3 is 0 Å². The fourth-order valence-corrected chi connectivity index (χ4v) is 2.09. The van der Waals surface area contributed by atoms with Crippen LogP contribution in [0.15, 0.2) is 23.1 Å². The fraction of sp³-hybridized carbons (Fsp3) is 0.455. The van der Waals surface area contributed by atoms with Gasteiger partial charge in [0.15, 0.2) is 0 Å². The largest absolute Gasteiger partial charge is 0.396 e. The standard InChI is InChI=1S/C11H14F2OS/c12-9-4-5-11(10(13)8-9)15-7-3-1-2-6-14/h4-5,8,14H,1-3,6-7H2. The van der Waals surface area contributed by atoms with Gasteiger partial charge < -0.3 is 5.11 Å². The van der Waals surface area contributed by atoms with Crippen molar-refractivity contribution in [2.24, 2.45) is 0 Å². The first-order valence-electron chi connectivity index (χ1n) is 4.93. The lowest BCUT2D eigenvalue weighted by Crippen LogP contribution is -1.88. The molecule has 0 aliphatic rings. The van der Waals surface area contributed by atoms with Gasteiger partial charge in [0.25, 0.3) is 0 Å². The minimum atomic E-state index is -0.544. The van der Waals surface area contributed by atoms with Gasteiger partial charge in [0.05, 0.1) is 0 Å². The molecule has 1 aromatic rings. The van der Waals surface area contributed by atoms with E-state index in [1.54, 1.807) is 0 Å². The van der Waals surface area contributed by atoms with Gasteiger partial charge in [-0.05, 0) is 30.7 Å². The van der Waals surface area contributed by atoms with Crippen molar-refractivity contribution in [2.75, 3.05) is 12.4 Å². The zero-order valence-corrected chi connectivity index (χ0v) is 9.20. The number of benzene rings is 1. The predicted molar refractivity (Wildman–Crippen MR) is 58.0 cm³/mol. The second-order valence-electron chi connectivity index (χ2n) is 3.21. The summed E-state index contributed by atoms with van der Waals surface area (Å²) in [6.07, 6.45) is 2.65. The molecule has 84 valence electrons. The topological polar surface area (TPSA) is 20.2 Å². The fourth-order valence-electron chi connectivity index (χ4n) is 1.17. The van der Waals surface area contributed by atoms with E-state index in [1.807, 2.05) is 0 Å². The normalized spacial score (nSPS) is 10.6. The molecule has 0 amide bonds. The summed E-state index contributed by atoms with van der Waals surface area (Å²) in [7, 11) is 0. The van der Waals surface area contributed by atoms with Gasteiger partial charge in [-0.15, -0.1) is 11.8 Å². The number of halogens is 2. The lowest BCUT2D eigenvalue weighted by molar-refractivity contribution is 0.284. The Kier molecular flexibility index (Phi) is 5.65. The summed E-state index contributed by atoms with van der Waals surface area (Å²) in [4.78, 5) is 0.486. The Labute approximate surface area is 92.5 Å². The highest BCUT2D eigenvalue weighted by Gasteiger charge is 2.03. The molecule has 1 nitrogen and oxygen atoms in total. The Morgan fingerprint density at radius 2 is 1.93 bits per heavy atom. The van der Waals surface area contributed by atoms with E-state index in [1.165, 1.54) is 23.9 Å². The van der Waals surface area contributed by atoms with Crippen molar-refractivity contribution in [1.29, 1.82) is 0 Å². The monoisotopic (exact) mass is 232 g/mol. The number of unbranched alkanes of at least 4 members (excludes halogenated alkanes) is 2. The van der Waals surface area contributed by atoms with Crippen molar-refractivity contribution in [2.45, 2.75) is 24.2 Å². The average molecular weight is 232 g/mol. The predicted octanol–water partition coefficient (Wildman–Crippen LogP) is 3.22. The van der Waals surface area contributed by atoms with Crippen LogP contribution in [-0.4, -0.2) is 17.5 Å². The molecular formula is C11H14F2OS. The lowest BCUT2D eigenvalue weighted by Gasteiger charge is -2.02. The summed E-state index contributed by atoms with van der Waals surface area (Å²) < 4.78 is 25.7. The Morgan fingerprint density at radius 3 is 2.60 bits per heavy atom. The smallest absolute Gasteiger partial charge is 0.139 e. The zero-order valence-electron chi connectivity index (χ0n) is 8.38. The number of aliphatic hydroxyl groups is 1. The van der Waals surface area contributed by atoms with Crippen LogP contribution in [0.3, 0.4) is 0 Å². The van der Waals surface area contributed by atoms with Gasteiger partial charge in [-0.2, -0.15) is 0 Å². The maximum Gasteiger partial charge on any atom is 0.139 e. The maximum absolute atomic E-state index is 13.1. The quantitative estimate of drug-likeness (QED) is 0.600. The number of hydrogen-bond acceptors (Lipinski definition) is 2. The van der Waals surface area contributed by atoms with E-state index in [2.05, 4.69) is 0 Å². The van der Waals surface area contributed by atoms with Crippen molar-refractivity contribution in [3.05, 3.63) is 29.8 Å². The average Bonchev–Trinajstić information content (AvgIpc) is 2.20. The molecular weight excluding hydrogens is 218 g/mol. The molecule has 15 heavy (non-hydrogen) atoms. The number of rotatable bonds is 6. The SMILES string of the molecule is OCCCCCSc1ccc(F)cc1F. The van der Waals surface area contributed by atoms with E-state index < -0.39 is 11.6 Å². The van der Waals surface area contributed by atoms with Crippen molar-refractivity contribution >= 4 is 11.8 Å². The molecule has 1 rings (SSSR count). The van der Waals surface area contributed by atoms with Crippen LogP contribution in [0.5, 0.6) is 0 Å². The molecule has 0 saturated carbocycles. The molecule has 0 aromatic heterocycles. The van der Waals surface area contributed by atoms with Crippen LogP contribution in [0.25, 0.3) is 0 Å². The van der Waals surface area contributed by atoms with Gasteiger partial charge in [0, 0.05) is 17.6 Å². The summed E-state index contributed by atoms with van der Waals surface area (Å²) in [5.41, 5.74) is 0. The van der Waals surface area contributed by atoms with Crippen LogP contribution < -0.4 is 0 Å². The third-order valence-corrected chi connectivity index (χ3v) is 3.09. The molecule has 0 bridgehead atoms. The van der Waals surface area contributed by atoms with Crippen LogP contribution in [0.1, 0.15) is 19.3 Å². The molecule has 0 aliphatic heterocycles. The Bertz CT molecular complexity index is 305. The van der Waals surface area contributed by atoms with Gasteiger partial charge in [0.2, 0.25) is 0 Å². The molecule has 0 atom stereocenters. The zero-order chi connectivity index (χ0) is 11.1. The molecule has 0 heterocycles. The van der Waals surface area contributed by atoms with E-state index in [0.29, 0.717) is 4.90 Å². The van der Waals surface area contributed by atoms with Crippen LogP contribution in [0.4, 0.5) is 8.78 Å². The van der Waals surface area contributed by atoms with E-state index >= 15 is 0 Å². The second-order valence-corrected chi connectivity index (χ2v) is 4.34. The molecule has 0 saturated heterocycles. The minimum absolute atomic E-state index is 0.204. The van der Waals surface area contributed by atoms with Crippen LogP contribution >= 0.6 is 11.8 Å². The molecule has 0 unspecified atom stereocenters. The van der Waals surface area contributed by atoms with Crippen molar-refractivity contribution < 1.29 is 13.9 Å². The second kappa shape index (κ2) is 6.80. The van der Waals surface area contributed by atoms with Crippen LogP contribution in [-0.2, 0) is 0 Å². The molecule has 0 fully saturated rings. The third kappa shape index (κ3) is 4.62. The van der Waals surface area contributed by atoms with Crippen molar-refractivity contribution in [1.82, 2.24) is 0 Å². The molecule has 1 N–H and O–H groups in total. The van der Waals surface area contributed by atoms with Crippen molar-refractivity contribution in [3.8, 4) is 0 Å². The highest BCUT2D eigenvalue weighted by atomic mass is 32.2. The Balaban J connectivity index is 2.31.